The summed E-state index contributed by atoms with van der Waals surface area (Å²) in [6, 6.07) is 8.55. The van der Waals surface area contributed by atoms with Crippen molar-refractivity contribution in [1.82, 2.24) is 4.90 Å². The number of nitrogens with zero attached hydrogens (tertiary/aromatic N) is 2. The van der Waals surface area contributed by atoms with E-state index in [-0.39, 0.29) is 12.1 Å². The van der Waals surface area contributed by atoms with E-state index in [0.717, 1.165) is 11.8 Å². The standard InChI is InChI=1S/C24H32N2/c1-18-9-3-8-14-22(18)26-17-25-16-15-24(23(25)19(26)2,20-10-4-5-11-20)21-12-6-7-13-21/h3,8-9,14-16,20-21H,4-7,10-13,17H2,1-2H3/i17D. The van der Waals surface area contributed by atoms with E-state index in [4.69, 9.17) is 1.37 Å². The largest absolute Gasteiger partial charge is 0.331 e. The normalized spacial score (nSPS) is 29.2. The summed E-state index contributed by atoms with van der Waals surface area (Å²) in [4.78, 5) is 4.56. The number of anilines is 1. The predicted octanol–water partition coefficient (Wildman–Crippen LogP) is 6.20. The van der Waals surface area contributed by atoms with Crippen LogP contribution < -0.4 is 4.90 Å². The summed E-state index contributed by atoms with van der Waals surface area (Å²) >= 11 is 0. The number of hydrogen-bond acceptors (Lipinski definition) is 2. The highest BCUT2D eigenvalue weighted by Gasteiger charge is 2.54. The maximum Gasteiger partial charge on any atom is 0.0989 e. The van der Waals surface area contributed by atoms with Gasteiger partial charge in [-0.2, -0.15) is 0 Å². The van der Waals surface area contributed by atoms with E-state index in [9.17, 15) is 0 Å². The molecular formula is C24H32N2. The molecule has 0 amide bonds. The lowest BCUT2D eigenvalue weighted by Gasteiger charge is -2.41. The molecule has 1 atom stereocenters. The van der Waals surface area contributed by atoms with Gasteiger partial charge in [-0.3, -0.25) is 0 Å². The molecule has 5 rings (SSSR count). The van der Waals surface area contributed by atoms with E-state index in [1.807, 2.05) is 0 Å². The van der Waals surface area contributed by atoms with Crippen LogP contribution in [0.3, 0.4) is 0 Å². The maximum absolute atomic E-state index is 9.06. The smallest absolute Gasteiger partial charge is 0.0989 e. The second-order valence-corrected chi connectivity index (χ2v) is 8.82. The van der Waals surface area contributed by atoms with Crippen LogP contribution in [0.25, 0.3) is 0 Å². The highest BCUT2D eigenvalue weighted by atomic mass is 15.4. The van der Waals surface area contributed by atoms with Crippen molar-refractivity contribution in [1.29, 1.82) is 0 Å². The van der Waals surface area contributed by atoms with Crippen LogP contribution >= 0.6 is 0 Å². The average molecular weight is 350 g/mol. The highest BCUT2D eigenvalue weighted by molar-refractivity contribution is 5.61. The SMILES string of the molecule is [2H]C1N2C=CC(C3CCCC3)(C3CCCC3)C2=C(C)N1c1ccccc1C. The summed E-state index contributed by atoms with van der Waals surface area (Å²) in [7, 11) is 0. The van der Waals surface area contributed by atoms with Crippen LogP contribution in [0.4, 0.5) is 5.69 Å². The van der Waals surface area contributed by atoms with Gasteiger partial charge in [0.05, 0.1) is 8.02 Å². The molecule has 2 fully saturated rings. The van der Waals surface area contributed by atoms with Gasteiger partial charge in [0.1, 0.15) is 0 Å². The molecule has 2 saturated carbocycles. The molecule has 2 nitrogen and oxygen atoms in total. The quantitative estimate of drug-likeness (QED) is 0.641. The van der Waals surface area contributed by atoms with Crippen molar-refractivity contribution in [3.8, 4) is 0 Å². The lowest BCUT2D eigenvalue weighted by molar-refractivity contribution is 0.164. The fraction of sp³-hybridized carbons (Fsp3) is 0.583. The first-order chi connectivity index (χ1) is 13.1. The highest BCUT2D eigenvalue weighted by Crippen LogP contribution is 2.60. The Morgan fingerprint density at radius 1 is 0.962 bits per heavy atom. The average Bonchev–Trinajstić information content (AvgIpc) is 3.43. The Morgan fingerprint density at radius 3 is 2.19 bits per heavy atom. The summed E-state index contributed by atoms with van der Waals surface area (Å²) in [5.41, 5.74) is 5.40. The molecule has 0 spiro atoms. The first-order valence-electron chi connectivity index (χ1n) is 11.2. The van der Waals surface area contributed by atoms with Crippen LogP contribution in [0.2, 0.25) is 0 Å². The van der Waals surface area contributed by atoms with E-state index in [2.05, 4.69) is 60.2 Å². The molecule has 2 aliphatic heterocycles. The molecule has 1 aromatic rings. The van der Waals surface area contributed by atoms with Crippen molar-refractivity contribution in [2.75, 3.05) is 11.5 Å². The third kappa shape index (κ3) is 2.23. The van der Waals surface area contributed by atoms with Crippen molar-refractivity contribution < 1.29 is 1.37 Å². The summed E-state index contributed by atoms with van der Waals surface area (Å²) in [5, 5.41) is 0. The number of allylic oxidation sites excluding steroid dienone is 2. The van der Waals surface area contributed by atoms with E-state index in [1.165, 1.54) is 74.0 Å². The van der Waals surface area contributed by atoms with Gasteiger partial charge in [0.15, 0.2) is 0 Å². The van der Waals surface area contributed by atoms with Gasteiger partial charge in [-0.1, -0.05) is 50.0 Å². The number of hydrogen-bond donors (Lipinski definition) is 0. The van der Waals surface area contributed by atoms with Gasteiger partial charge >= 0.3 is 0 Å². The minimum absolute atomic E-state index is 0.174. The molecule has 4 aliphatic rings. The van der Waals surface area contributed by atoms with Crippen molar-refractivity contribution in [3.05, 3.63) is 53.5 Å². The molecule has 0 bridgehead atoms. The molecule has 138 valence electrons. The van der Waals surface area contributed by atoms with Crippen molar-refractivity contribution in [3.63, 3.8) is 0 Å². The Labute approximate surface area is 160 Å². The molecule has 0 radical (unpaired) electrons. The van der Waals surface area contributed by atoms with Gasteiger partial charge in [-0.05, 0) is 63.0 Å². The summed E-state index contributed by atoms with van der Waals surface area (Å²) in [5.74, 6) is 1.52. The Hall–Kier alpha value is -1.70. The van der Waals surface area contributed by atoms with Crippen LogP contribution in [0.1, 0.15) is 65.2 Å². The first kappa shape index (κ1) is 15.4. The van der Waals surface area contributed by atoms with Crippen LogP contribution in [-0.2, 0) is 0 Å². The van der Waals surface area contributed by atoms with E-state index < -0.39 is 0 Å². The zero-order chi connectivity index (χ0) is 18.6. The lowest BCUT2D eigenvalue weighted by atomic mass is 9.63. The first-order valence-corrected chi connectivity index (χ1v) is 10.6. The van der Waals surface area contributed by atoms with E-state index in [1.54, 1.807) is 0 Å². The summed E-state index contributed by atoms with van der Waals surface area (Å²) in [6.07, 6.45) is 15.8. The molecule has 1 unspecified atom stereocenters. The van der Waals surface area contributed by atoms with E-state index >= 15 is 0 Å². The zero-order valence-electron chi connectivity index (χ0n) is 17.2. The van der Waals surface area contributed by atoms with Crippen LogP contribution in [-0.4, -0.2) is 11.5 Å². The molecule has 1 aromatic carbocycles. The maximum atomic E-state index is 9.06. The molecular weight excluding hydrogens is 316 g/mol. The fourth-order valence-electron chi connectivity index (χ4n) is 6.38. The topological polar surface area (TPSA) is 6.48 Å². The van der Waals surface area contributed by atoms with E-state index in [0.29, 0.717) is 0 Å². The van der Waals surface area contributed by atoms with Gasteiger partial charge in [0.25, 0.3) is 0 Å². The third-order valence-corrected chi connectivity index (χ3v) is 7.56. The third-order valence-electron chi connectivity index (χ3n) is 7.56. The Kier molecular flexibility index (Phi) is 3.65. The lowest BCUT2D eigenvalue weighted by Crippen LogP contribution is -2.37. The zero-order valence-corrected chi connectivity index (χ0v) is 16.2. The van der Waals surface area contributed by atoms with Gasteiger partial charge in [0.2, 0.25) is 0 Å². The second-order valence-electron chi connectivity index (χ2n) is 8.82. The minimum Gasteiger partial charge on any atom is -0.331 e. The number of para-hydroxylation sites is 1. The van der Waals surface area contributed by atoms with Crippen LogP contribution in [0.5, 0.6) is 0 Å². The number of aryl methyl sites for hydroxylation is 1. The molecule has 2 heterocycles. The molecule has 0 aromatic heterocycles. The number of benzene rings is 1. The second kappa shape index (κ2) is 6.18. The Bertz CT molecular complexity index is 767. The summed E-state index contributed by atoms with van der Waals surface area (Å²) < 4.78 is 9.06. The molecule has 2 aliphatic carbocycles. The molecule has 0 saturated heterocycles. The van der Waals surface area contributed by atoms with Crippen LogP contribution in [0.15, 0.2) is 47.9 Å². The van der Waals surface area contributed by atoms with Crippen LogP contribution in [0, 0.1) is 24.2 Å². The van der Waals surface area contributed by atoms with Gasteiger partial charge in [0, 0.05) is 28.7 Å². The summed E-state index contributed by atoms with van der Waals surface area (Å²) in [6.45, 7) is 4.07. The predicted molar refractivity (Wildman–Crippen MR) is 109 cm³/mol. The van der Waals surface area contributed by atoms with Gasteiger partial charge in [-0.25, -0.2) is 0 Å². The van der Waals surface area contributed by atoms with Gasteiger partial charge in [-0.15, -0.1) is 0 Å². The molecule has 26 heavy (non-hydrogen) atoms. The molecule has 2 heteroatoms. The molecule has 0 N–H and O–H groups in total. The number of fused-ring (bicyclic) bond motifs is 1. The fourth-order valence-corrected chi connectivity index (χ4v) is 6.38. The van der Waals surface area contributed by atoms with Crippen molar-refractivity contribution >= 4 is 5.69 Å². The number of rotatable bonds is 3. The Morgan fingerprint density at radius 2 is 1.58 bits per heavy atom. The minimum atomic E-state index is -0.373. The Balaban J connectivity index is 1.64. The monoisotopic (exact) mass is 349 g/mol. The van der Waals surface area contributed by atoms with Crippen molar-refractivity contribution in [2.24, 2.45) is 17.3 Å². The van der Waals surface area contributed by atoms with Crippen molar-refractivity contribution in [2.45, 2.75) is 65.2 Å². The van der Waals surface area contributed by atoms with Gasteiger partial charge < -0.3 is 9.80 Å².